The minimum Gasteiger partial charge on any atom is -0.278 e. The molecule has 2 rings (SSSR count). The summed E-state index contributed by atoms with van der Waals surface area (Å²) in [6.45, 7) is 1.87. The predicted molar refractivity (Wildman–Crippen MR) is 77.9 cm³/mol. The Balaban J connectivity index is 2.42. The highest BCUT2D eigenvalue weighted by molar-refractivity contribution is 9.10. The first kappa shape index (κ1) is 14.4. The van der Waals surface area contributed by atoms with Gasteiger partial charge in [0, 0.05) is 11.5 Å². The summed E-state index contributed by atoms with van der Waals surface area (Å²) in [5.74, 6) is 0. The molecule has 0 bridgehead atoms. The second-order valence-electron chi connectivity index (χ2n) is 4.04. The van der Waals surface area contributed by atoms with Crippen LogP contribution in [0, 0.1) is 6.92 Å². The van der Waals surface area contributed by atoms with Crippen molar-refractivity contribution in [3.63, 3.8) is 0 Å². The second kappa shape index (κ2) is 5.15. The highest BCUT2D eigenvalue weighted by atomic mass is 79.9. The Morgan fingerprint density at radius 1 is 1.37 bits per heavy atom. The molecule has 0 aliphatic heterocycles. The summed E-state index contributed by atoms with van der Waals surface area (Å²) in [6.07, 6.45) is 1.29. The van der Waals surface area contributed by atoms with Gasteiger partial charge < -0.3 is 0 Å². The van der Waals surface area contributed by atoms with Crippen LogP contribution in [0.3, 0.4) is 0 Å². The van der Waals surface area contributed by atoms with Crippen molar-refractivity contribution in [3.8, 4) is 0 Å². The number of anilines is 1. The molecule has 8 heteroatoms. The molecular formula is C11H11BrClN3O2S. The number of benzene rings is 1. The minimum atomic E-state index is -3.77. The largest absolute Gasteiger partial charge is 0.280 e. The van der Waals surface area contributed by atoms with Gasteiger partial charge in [-0.25, -0.2) is 0 Å². The molecule has 0 unspecified atom stereocenters. The van der Waals surface area contributed by atoms with Crippen molar-refractivity contribution in [1.82, 2.24) is 9.78 Å². The maximum Gasteiger partial charge on any atom is 0.280 e. The van der Waals surface area contributed by atoms with Crippen LogP contribution in [-0.2, 0) is 17.1 Å². The number of nitrogens with one attached hydrogen (secondary N) is 1. The van der Waals surface area contributed by atoms with Gasteiger partial charge in [0.15, 0.2) is 5.03 Å². The quantitative estimate of drug-likeness (QED) is 0.910. The number of hydrogen-bond acceptors (Lipinski definition) is 3. The first-order valence-electron chi connectivity index (χ1n) is 5.27. The zero-order valence-electron chi connectivity index (χ0n) is 10.2. The van der Waals surface area contributed by atoms with Crippen LogP contribution >= 0.6 is 27.5 Å². The third-order valence-electron chi connectivity index (χ3n) is 2.39. The van der Waals surface area contributed by atoms with E-state index in [4.69, 9.17) is 11.6 Å². The minimum absolute atomic E-state index is 0.0632. The maximum absolute atomic E-state index is 12.3. The lowest BCUT2D eigenvalue weighted by atomic mass is 10.2. The number of halogens is 2. The summed E-state index contributed by atoms with van der Waals surface area (Å²) in [5, 5.41) is 3.84. The molecule has 0 spiro atoms. The van der Waals surface area contributed by atoms with E-state index in [-0.39, 0.29) is 10.0 Å². The first-order valence-corrected chi connectivity index (χ1v) is 7.92. The summed E-state index contributed by atoms with van der Waals surface area (Å²) < 4.78 is 29.0. The summed E-state index contributed by atoms with van der Waals surface area (Å²) >= 11 is 9.17. The van der Waals surface area contributed by atoms with Crippen LogP contribution in [0.25, 0.3) is 0 Å². The van der Waals surface area contributed by atoms with Crippen LogP contribution in [0.2, 0.25) is 5.02 Å². The van der Waals surface area contributed by atoms with Gasteiger partial charge in [-0.05, 0) is 30.7 Å². The summed E-state index contributed by atoms with van der Waals surface area (Å²) in [6, 6.07) is 5.29. The molecule has 0 atom stereocenters. The molecule has 0 saturated heterocycles. The van der Waals surface area contributed by atoms with Crippen LogP contribution in [-0.4, -0.2) is 18.2 Å². The topological polar surface area (TPSA) is 64.0 Å². The Labute approximate surface area is 124 Å². The lowest BCUT2D eigenvalue weighted by Gasteiger charge is -2.09. The number of rotatable bonds is 3. The van der Waals surface area contributed by atoms with E-state index < -0.39 is 10.0 Å². The van der Waals surface area contributed by atoms with Crippen LogP contribution in [0.1, 0.15) is 5.56 Å². The van der Waals surface area contributed by atoms with E-state index in [1.807, 2.05) is 13.0 Å². The number of aryl methyl sites for hydroxylation is 2. The lowest BCUT2D eigenvalue weighted by Crippen LogP contribution is -2.17. The van der Waals surface area contributed by atoms with Gasteiger partial charge >= 0.3 is 0 Å². The fraction of sp³-hybridized carbons (Fsp3) is 0.182. The van der Waals surface area contributed by atoms with Crippen LogP contribution in [0.5, 0.6) is 0 Å². The van der Waals surface area contributed by atoms with Crippen molar-refractivity contribution in [3.05, 3.63) is 39.5 Å². The molecule has 0 radical (unpaired) electrons. The van der Waals surface area contributed by atoms with E-state index in [2.05, 4.69) is 25.8 Å². The van der Waals surface area contributed by atoms with Crippen molar-refractivity contribution >= 4 is 43.2 Å². The number of sulfonamides is 1. The monoisotopic (exact) mass is 363 g/mol. The molecule has 2 aromatic rings. The average molecular weight is 365 g/mol. The highest BCUT2D eigenvalue weighted by Crippen LogP contribution is 2.25. The molecule has 0 aliphatic rings. The molecular weight excluding hydrogens is 354 g/mol. The van der Waals surface area contributed by atoms with Crippen molar-refractivity contribution in [2.24, 2.45) is 7.05 Å². The number of aromatic nitrogens is 2. The van der Waals surface area contributed by atoms with Gasteiger partial charge in [0.1, 0.15) is 0 Å². The van der Waals surface area contributed by atoms with E-state index in [0.717, 1.165) is 10.0 Å². The van der Waals surface area contributed by atoms with E-state index in [1.165, 1.54) is 17.9 Å². The maximum atomic E-state index is 12.3. The number of nitrogens with zero attached hydrogens (tertiary/aromatic N) is 2. The first-order chi connectivity index (χ1) is 8.79. The standard InChI is InChI=1S/C11H11BrClN3O2S/c1-7-3-8(12)5-9(4-7)15-19(17,18)11-10(13)6-14-16(11)2/h3-6,15H,1-2H3. The Bertz CT molecular complexity index is 688. The van der Waals surface area contributed by atoms with Gasteiger partial charge in [0.05, 0.1) is 16.9 Å². The second-order valence-corrected chi connectivity index (χ2v) is 6.96. The van der Waals surface area contributed by atoms with E-state index in [1.54, 1.807) is 12.1 Å². The van der Waals surface area contributed by atoms with Gasteiger partial charge in [0.25, 0.3) is 10.0 Å². The van der Waals surface area contributed by atoms with Gasteiger partial charge in [-0.15, -0.1) is 0 Å². The van der Waals surface area contributed by atoms with Crippen molar-refractivity contribution in [2.75, 3.05) is 4.72 Å². The Morgan fingerprint density at radius 3 is 2.58 bits per heavy atom. The third-order valence-corrected chi connectivity index (χ3v) is 4.74. The molecule has 1 N–H and O–H groups in total. The molecule has 0 aliphatic carbocycles. The molecule has 0 fully saturated rings. The van der Waals surface area contributed by atoms with Crippen LogP contribution in [0.15, 0.2) is 33.9 Å². The van der Waals surface area contributed by atoms with Crippen LogP contribution in [0.4, 0.5) is 5.69 Å². The molecule has 1 aromatic heterocycles. The van der Waals surface area contributed by atoms with Gasteiger partial charge in [0.2, 0.25) is 0 Å². The zero-order chi connectivity index (χ0) is 14.2. The lowest BCUT2D eigenvalue weighted by molar-refractivity contribution is 0.582. The fourth-order valence-corrected chi connectivity index (χ4v) is 4.01. The Morgan fingerprint density at radius 2 is 2.05 bits per heavy atom. The SMILES string of the molecule is Cc1cc(Br)cc(NS(=O)(=O)c2c(Cl)cnn2C)c1. The fourth-order valence-electron chi connectivity index (χ4n) is 1.70. The van der Waals surface area contributed by atoms with Crippen molar-refractivity contribution < 1.29 is 8.42 Å². The third kappa shape index (κ3) is 3.10. The molecule has 1 heterocycles. The molecule has 1 aromatic carbocycles. The van der Waals surface area contributed by atoms with Gasteiger partial charge in [-0.2, -0.15) is 13.5 Å². The van der Waals surface area contributed by atoms with Gasteiger partial charge in [-0.3, -0.25) is 9.40 Å². The summed E-state index contributed by atoms with van der Waals surface area (Å²) in [4.78, 5) is 0. The molecule has 19 heavy (non-hydrogen) atoms. The molecule has 0 amide bonds. The van der Waals surface area contributed by atoms with E-state index in [9.17, 15) is 8.42 Å². The molecule has 5 nitrogen and oxygen atoms in total. The molecule has 0 saturated carbocycles. The Hall–Kier alpha value is -1.05. The van der Waals surface area contributed by atoms with E-state index in [0.29, 0.717) is 5.69 Å². The van der Waals surface area contributed by atoms with Crippen LogP contribution < -0.4 is 4.72 Å². The summed E-state index contributed by atoms with van der Waals surface area (Å²) in [5.41, 5.74) is 1.40. The summed E-state index contributed by atoms with van der Waals surface area (Å²) in [7, 11) is -2.25. The van der Waals surface area contributed by atoms with Crippen molar-refractivity contribution in [1.29, 1.82) is 0 Å². The number of hydrogen-bond donors (Lipinski definition) is 1. The van der Waals surface area contributed by atoms with E-state index >= 15 is 0 Å². The van der Waals surface area contributed by atoms with Crippen molar-refractivity contribution in [2.45, 2.75) is 11.9 Å². The highest BCUT2D eigenvalue weighted by Gasteiger charge is 2.22. The zero-order valence-corrected chi connectivity index (χ0v) is 13.3. The van der Waals surface area contributed by atoms with Gasteiger partial charge in [-0.1, -0.05) is 27.5 Å². The Kier molecular flexibility index (Phi) is 3.89. The molecule has 102 valence electrons. The predicted octanol–water partition coefficient (Wildman–Crippen LogP) is 2.95. The normalized spacial score (nSPS) is 11.6. The average Bonchev–Trinajstić information content (AvgIpc) is 2.56. The smallest absolute Gasteiger partial charge is 0.278 e.